The molecule has 1 saturated carbocycles. The third-order valence-corrected chi connectivity index (χ3v) is 6.09. The summed E-state index contributed by atoms with van der Waals surface area (Å²) in [4.78, 5) is 0. The van der Waals surface area contributed by atoms with E-state index in [4.69, 9.17) is 18.8 Å². The van der Waals surface area contributed by atoms with E-state index < -0.39 is 7.12 Å². The first-order valence-electron chi connectivity index (χ1n) is 9.96. The summed E-state index contributed by atoms with van der Waals surface area (Å²) < 4.78 is 24.2. The lowest BCUT2D eigenvalue weighted by Gasteiger charge is -2.32. The van der Waals surface area contributed by atoms with Gasteiger partial charge in [0.15, 0.2) is 0 Å². The Bertz CT molecular complexity index is 590. The van der Waals surface area contributed by atoms with E-state index in [2.05, 4.69) is 39.8 Å². The quantitative estimate of drug-likeness (QED) is 0.582. The van der Waals surface area contributed by atoms with Crippen LogP contribution in [0.25, 0.3) is 0 Å². The average molecular weight is 360 g/mol. The number of hydrogen-bond donors (Lipinski definition) is 0. The number of hydrogen-bond acceptors (Lipinski definition) is 4. The van der Waals surface area contributed by atoms with Gasteiger partial charge >= 0.3 is 7.12 Å². The highest BCUT2D eigenvalue weighted by atomic mass is 16.7. The highest BCUT2D eigenvalue weighted by Crippen LogP contribution is 2.37. The van der Waals surface area contributed by atoms with Gasteiger partial charge in [-0.3, -0.25) is 0 Å². The van der Waals surface area contributed by atoms with Crippen molar-refractivity contribution in [2.75, 3.05) is 7.11 Å². The Kier molecular flexibility index (Phi) is 6.00. The van der Waals surface area contributed by atoms with Crippen molar-refractivity contribution >= 4 is 12.6 Å². The van der Waals surface area contributed by atoms with Gasteiger partial charge in [0.2, 0.25) is 0 Å². The lowest BCUT2D eigenvalue weighted by atomic mass is 9.77. The standard InChI is InChI=1S/C21H33BO4/c1-20(2)21(3,4)26-22(25-20)18-14-16(12-13-19(18)23-5)15-24-17-10-8-6-7-9-11-17/h12-14,17H,6-11,15H2,1-5H3. The number of ether oxygens (including phenoxy) is 2. The van der Waals surface area contributed by atoms with Crippen molar-refractivity contribution in [1.82, 2.24) is 0 Å². The Morgan fingerprint density at radius 1 is 1.00 bits per heavy atom. The minimum Gasteiger partial charge on any atom is -0.497 e. The van der Waals surface area contributed by atoms with Crippen LogP contribution in [0.4, 0.5) is 0 Å². The van der Waals surface area contributed by atoms with Crippen LogP contribution in [-0.4, -0.2) is 31.5 Å². The zero-order valence-electron chi connectivity index (χ0n) is 17.0. The monoisotopic (exact) mass is 360 g/mol. The highest BCUT2D eigenvalue weighted by molar-refractivity contribution is 6.63. The van der Waals surface area contributed by atoms with E-state index in [9.17, 15) is 0 Å². The summed E-state index contributed by atoms with van der Waals surface area (Å²) >= 11 is 0. The summed E-state index contributed by atoms with van der Waals surface area (Å²) in [5, 5.41) is 0. The molecule has 2 fully saturated rings. The van der Waals surface area contributed by atoms with Gasteiger partial charge in [-0.2, -0.15) is 0 Å². The van der Waals surface area contributed by atoms with Crippen molar-refractivity contribution in [2.45, 2.75) is 90.1 Å². The Balaban J connectivity index is 1.72. The van der Waals surface area contributed by atoms with Crippen molar-refractivity contribution in [3.63, 3.8) is 0 Å². The molecule has 0 amide bonds. The molecule has 0 unspecified atom stereocenters. The number of benzene rings is 1. The second-order valence-electron chi connectivity index (χ2n) is 8.59. The molecule has 3 rings (SSSR count). The molecule has 0 bridgehead atoms. The maximum atomic E-state index is 6.22. The normalized spacial score (nSPS) is 23.0. The number of rotatable bonds is 5. The van der Waals surface area contributed by atoms with Gasteiger partial charge in [0.25, 0.3) is 0 Å². The van der Waals surface area contributed by atoms with Gasteiger partial charge in [0.05, 0.1) is 31.0 Å². The maximum absolute atomic E-state index is 6.22. The van der Waals surface area contributed by atoms with Crippen molar-refractivity contribution in [1.29, 1.82) is 0 Å². The molecule has 0 spiro atoms. The van der Waals surface area contributed by atoms with E-state index in [0.29, 0.717) is 12.7 Å². The van der Waals surface area contributed by atoms with Crippen LogP contribution >= 0.6 is 0 Å². The molecule has 1 aliphatic heterocycles. The second kappa shape index (κ2) is 7.91. The fraction of sp³-hybridized carbons (Fsp3) is 0.714. The van der Waals surface area contributed by atoms with Crippen LogP contribution in [0.5, 0.6) is 5.75 Å². The molecule has 1 aromatic rings. The first kappa shape index (κ1) is 19.7. The largest absolute Gasteiger partial charge is 0.498 e. The maximum Gasteiger partial charge on any atom is 0.498 e. The van der Waals surface area contributed by atoms with Gasteiger partial charge in [-0.05, 0) is 52.2 Å². The third kappa shape index (κ3) is 4.27. The van der Waals surface area contributed by atoms with Gasteiger partial charge < -0.3 is 18.8 Å². The van der Waals surface area contributed by atoms with E-state index >= 15 is 0 Å². The Hall–Kier alpha value is -1.04. The molecule has 1 saturated heterocycles. The molecule has 1 aliphatic carbocycles. The van der Waals surface area contributed by atoms with Gasteiger partial charge in [-0.1, -0.05) is 37.8 Å². The molecule has 0 N–H and O–H groups in total. The third-order valence-electron chi connectivity index (χ3n) is 6.09. The highest BCUT2D eigenvalue weighted by Gasteiger charge is 2.52. The average Bonchev–Trinajstić information content (AvgIpc) is 2.78. The van der Waals surface area contributed by atoms with Gasteiger partial charge in [-0.25, -0.2) is 0 Å². The summed E-state index contributed by atoms with van der Waals surface area (Å²) in [5.74, 6) is 0.793. The molecule has 0 aromatic heterocycles. The molecule has 0 atom stereocenters. The van der Waals surface area contributed by atoms with Crippen LogP contribution < -0.4 is 10.2 Å². The zero-order chi connectivity index (χ0) is 18.8. The smallest absolute Gasteiger partial charge is 0.497 e. The number of methoxy groups -OCH3 is 1. The van der Waals surface area contributed by atoms with E-state index in [1.807, 2.05) is 6.07 Å². The van der Waals surface area contributed by atoms with Crippen LogP contribution in [0.15, 0.2) is 18.2 Å². The van der Waals surface area contributed by atoms with Crippen molar-refractivity contribution in [3.05, 3.63) is 23.8 Å². The van der Waals surface area contributed by atoms with E-state index in [-0.39, 0.29) is 11.2 Å². The molecule has 144 valence electrons. The fourth-order valence-electron chi connectivity index (χ4n) is 3.65. The van der Waals surface area contributed by atoms with Gasteiger partial charge in [-0.15, -0.1) is 0 Å². The minimum atomic E-state index is -0.423. The summed E-state index contributed by atoms with van der Waals surface area (Å²) in [6.45, 7) is 8.90. The lowest BCUT2D eigenvalue weighted by molar-refractivity contribution is 0.00578. The summed E-state index contributed by atoms with van der Waals surface area (Å²) in [6, 6.07) is 6.17. The van der Waals surface area contributed by atoms with E-state index in [1.165, 1.54) is 38.5 Å². The van der Waals surface area contributed by atoms with E-state index in [0.717, 1.165) is 16.8 Å². The minimum absolute atomic E-state index is 0.366. The molecule has 4 nitrogen and oxygen atoms in total. The summed E-state index contributed by atoms with van der Waals surface area (Å²) in [7, 11) is 1.26. The molecule has 26 heavy (non-hydrogen) atoms. The summed E-state index contributed by atoms with van der Waals surface area (Å²) in [5.41, 5.74) is 1.35. The summed E-state index contributed by atoms with van der Waals surface area (Å²) in [6.07, 6.45) is 8.00. The van der Waals surface area contributed by atoms with Crippen LogP contribution in [0.2, 0.25) is 0 Å². The molecular formula is C21H33BO4. The first-order valence-corrected chi connectivity index (χ1v) is 9.96. The van der Waals surface area contributed by atoms with Gasteiger partial charge in [0, 0.05) is 5.46 Å². The van der Waals surface area contributed by atoms with Crippen LogP contribution in [0, 0.1) is 0 Å². The fourth-order valence-corrected chi connectivity index (χ4v) is 3.65. The second-order valence-corrected chi connectivity index (χ2v) is 8.59. The van der Waals surface area contributed by atoms with Crippen molar-refractivity contribution < 1.29 is 18.8 Å². The Morgan fingerprint density at radius 2 is 1.62 bits per heavy atom. The Morgan fingerprint density at radius 3 is 2.19 bits per heavy atom. The predicted octanol–water partition coefficient (Wildman–Crippen LogP) is 4.23. The van der Waals surface area contributed by atoms with E-state index in [1.54, 1.807) is 7.11 Å². The molecular weight excluding hydrogens is 327 g/mol. The molecule has 5 heteroatoms. The molecule has 2 aliphatic rings. The topological polar surface area (TPSA) is 36.9 Å². The predicted molar refractivity (Wildman–Crippen MR) is 105 cm³/mol. The van der Waals surface area contributed by atoms with Crippen LogP contribution in [0.3, 0.4) is 0 Å². The molecule has 1 heterocycles. The first-order chi connectivity index (χ1) is 12.3. The Labute approximate surface area is 158 Å². The van der Waals surface area contributed by atoms with Crippen molar-refractivity contribution in [3.8, 4) is 5.75 Å². The zero-order valence-corrected chi connectivity index (χ0v) is 17.0. The van der Waals surface area contributed by atoms with Crippen molar-refractivity contribution in [2.24, 2.45) is 0 Å². The van der Waals surface area contributed by atoms with Crippen LogP contribution in [0.1, 0.15) is 71.8 Å². The lowest BCUT2D eigenvalue weighted by Crippen LogP contribution is -2.41. The molecule has 1 aromatic carbocycles. The van der Waals surface area contributed by atoms with Gasteiger partial charge in [0.1, 0.15) is 5.75 Å². The van der Waals surface area contributed by atoms with Crippen LogP contribution in [-0.2, 0) is 20.7 Å². The SMILES string of the molecule is COc1ccc(COC2CCCCCC2)cc1B1OC(C)(C)C(C)(C)O1. The molecule has 0 radical (unpaired) electrons.